The first-order valence-electron chi connectivity index (χ1n) is 11.4. The third kappa shape index (κ3) is 4.40. The van der Waals surface area contributed by atoms with Gasteiger partial charge in [0, 0.05) is 4.75 Å². The number of carbonyl (C=O) groups is 4. The second kappa shape index (κ2) is 8.76. The number of ether oxygens (including phenoxy) is 1. The molecule has 0 aromatic heterocycles. The van der Waals surface area contributed by atoms with Gasteiger partial charge in [-0.3, -0.25) is 24.6 Å². The molecule has 1 saturated heterocycles. The van der Waals surface area contributed by atoms with E-state index in [0.717, 1.165) is 30.6 Å². The summed E-state index contributed by atoms with van der Waals surface area (Å²) in [5.41, 5.74) is -0.375. The smallest absolute Gasteiger partial charge is 0.332 e. The number of nitrogens with zero attached hydrogens (tertiary/aromatic N) is 1. The van der Waals surface area contributed by atoms with Crippen molar-refractivity contribution in [3.63, 3.8) is 0 Å². The number of aliphatic carboxylic acids is 1. The van der Waals surface area contributed by atoms with Gasteiger partial charge in [0.2, 0.25) is 0 Å². The Balaban J connectivity index is 1.73. The number of benzene rings is 1. The SMILES string of the molecule is CC(C)(C)OC(=O)C(C1NC(C(=O)O)C2(CCCCCC2)S1)N1C(=O)c2ccccc2C1=O. The van der Waals surface area contributed by atoms with Crippen LogP contribution in [0.1, 0.15) is 80.0 Å². The molecule has 1 aromatic rings. The van der Waals surface area contributed by atoms with E-state index in [1.807, 2.05) is 0 Å². The zero-order chi connectivity index (χ0) is 24.0. The lowest BCUT2D eigenvalue weighted by atomic mass is 9.90. The van der Waals surface area contributed by atoms with Crippen LogP contribution in [-0.2, 0) is 14.3 Å². The molecule has 2 fully saturated rings. The number of rotatable bonds is 4. The summed E-state index contributed by atoms with van der Waals surface area (Å²) < 4.78 is 5.03. The molecule has 2 N–H and O–H groups in total. The van der Waals surface area contributed by atoms with E-state index in [9.17, 15) is 24.3 Å². The molecule has 4 rings (SSSR count). The summed E-state index contributed by atoms with van der Waals surface area (Å²) in [4.78, 5) is 53.1. The Kier molecular flexibility index (Phi) is 6.30. The summed E-state index contributed by atoms with van der Waals surface area (Å²) in [5.74, 6) is -2.85. The average Bonchev–Trinajstić information content (AvgIpc) is 3.09. The van der Waals surface area contributed by atoms with Crippen molar-refractivity contribution in [1.29, 1.82) is 0 Å². The molecule has 1 aliphatic carbocycles. The van der Waals surface area contributed by atoms with E-state index in [0.29, 0.717) is 12.8 Å². The van der Waals surface area contributed by atoms with Crippen molar-refractivity contribution in [1.82, 2.24) is 10.2 Å². The van der Waals surface area contributed by atoms with Gasteiger partial charge in [-0.25, -0.2) is 4.79 Å². The maximum absolute atomic E-state index is 13.4. The van der Waals surface area contributed by atoms with Crippen LogP contribution >= 0.6 is 11.8 Å². The number of carboxylic acids is 1. The monoisotopic (exact) mass is 474 g/mol. The number of imide groups is 1. The number of carboxylic acid groups (broad SMARTS) is 1. The van der Waals surface area contributed by atoms with Crippen LogP contribution in [0.25, 0.3) is 0 Å². The summed E-state index contributed by atoms with van der Waals surface area (Å²) in [7, 11) is 0. The summed E-state index contributed by atoms with van der Waals surface area (Å²) in [6, 6.07) is 4.28. The van der Waals surface area contributed by atoms with Crippen LogP contribution in [0.5, 0.6) is 0 Å². The van der Waals surface area contributed by atoms with Crippen LogP contribution in [0.15, 0.2) is 24.3 Å². The minimum atomic E-state index is -1.29. The number of hydrogen-bond acceptors (Lipinski definition) is 7. The number of nitrogens with one attached hydrogen (secondary N) is 1. The van der Waals surface area contributed by atoms with Crippen LogP contribution in [-0.4, -0.2) is 61.6 Å². The largest absolute Gasteiger partial charge is 0.480 e. The highest BCUT2D eigenvalue weighted by Gasteiger charge is 2.57. The van der Waals surface area contributed by atoms with E-state index in [4.69, 9.17) is 4.74 Å². The highest BCUT2D eigenvalue weighted by molar-refractivity contribution is 8.01. The maximum atomic E-state index is 13.4. The van der Waals surface area contributed by atoms with Crippen LogP contribution in [0.3, 0.4) is 0 Å². The van der Waals surface area contributed by atoms with Gasteiger partial charge in [-0.15, -0.1) is 11.8 Å². The molecule has 3 atom stereocenters. The van der Waals surface area contributed by atoms with Crippen molar-refractivity contribution in [2.24, 2.45) is 0 Å². The van der Waals surface area contributed by atoms with Gasteiger partial charge >= 0.3 is 11.9 Å². The van der Waals surface area contributed by atoms with Crippen molar-refractivity contribution in [3.05, 3.63) is 35.4 Å². The molecule has 8 nitrogen and oxygen atoms in total. The molecule has 9 heteroatoms. The first-order chi connectivity index (χ1) is 15.5. The van der Waals surface area contributed by atoms with Gasteiger partial charge in [0.1, 0.15) is 11.6 Å². The van der Waals surface area contributed by atoms with Crippen LogP contribution < -0.4 is 5.32 Å². The Morgan fingerprint density at radius 3 is 2.12 bits per heavy atom. The first-order valence-corrected chi connectivity index (χ1v) is 12.3. The molecule has 3 unspecified atom stereocenters. The number of carbonyl (C=O) groups excluding carboxylic acids is 3. The fourth-order valence-corrected chi connectivity index (χ4v) is 6.94. The molecule has 33 heavy (non-hydrogen) atoms. The lowest BCUT2D eigenvalue weighted by Crippen LogP contribution is -2.57. The van der Waals surface area contributed by atoms with Crippen molar-refractivity contribution in [2.45, 2.75) is 87.1 Å². The van der Waals surface area contributed by atoms with Crippen molar-refractivity contribution >= 4 is 35.5 Å². The van der Waals surface area contributed by atoms with Gasteiger partial charge in [-0.2, -0.15) is 0 Å². The fourth-order valence-electron chi connectivity index (χ4n) is 5.04. The molecule has 0 bridgehead atoms. The first kappa shape index (κ1) is 23.8. The van der Waals surface area contributed by atoms with E-state index in [1.54, 1.807) is 45.0 Å². The minimum absolute atomic E-state index is 0.234. The molecule has 2 heterocycles. The standard InChI is InChI=1S/C24H30N2O6S/c1-23(2,3)32-22(31)16(26-19(27)14-10-6-7-11-15(14)20(26)28)18-25-17(21(29)30)24(33-18)12-8-4-5-9-13-24/h6-7,10-11,16-18,25H,4-5,8-9,12-13H2,1-3H3,(H,29,30). The highest BCUT2D eigenvalue weighted by atomic mass is 32.2. The number of thioether (sulfide) groups is 1. The van der Waals surface area contributed by atoms with Crippen molar-refractivity contribution in [3.8, 4) is 0 Å². The maximum Gasteiger partial charge on any atom is 0.332 e. The van der Waals surface area contributed by atoms with E-state index in [1.165, 1.54) is 11.8 Å². The van der Waals surface area contributed by atoms with Gasteiger partial charge in [-0.1, -0.05) is 37.8 Å². The van der Waals surface area contributed by atoms with Gasteiger partial charge in [0.25, 0.3) is 11.8 Å². The van der Waals surface area contributed by atoms with Crippen LogP contribution in [0, 0.1) is 0 Å². The fraction of sp³-hybridized carbons (Fsp3) is 0.583. The Morgan fingerprint density at radius 2 is 1.64 bits per heavy atom. The molecule has 1 saturated carbocycles. The number of hydrogen-bond donors (Lipinski definition) is 2. The van der Waals surface area contributed by atoms with Gasteiger partial charge in [-0.05, 0) is 45.7 Å². The molecular weight excluding hydrogens is 444 g/mol. The number of amides is 2. The third-order valence-corrected chi connectivity index (χ3v) is 8.22. The van der Waals surface area contributed by atoms with Crippen molar-refractivity contribution in [2.75, 3.05) is 0 Å². The molecule has 0 radical (unpaired) electrons. The quantitative estimate of drug-likeness (QED) is 0.505. The number of fused-ring (bicyclic) bond motifs is 1. The van der Waals surface area contributed by atoms with Crippen molar-refractivity contribution < 1.29 is 29.0 Å². The number of esters is 1. The molecule has 3 aliphatic rings. The molecular formula is C24H30N2O6S. The Morgan fingerprint density at radius 1 is 1.09 bits per heavy atom. The average molecular weight is 475 g/mol. The summed E-state index contributed by atoms with van der Waals surface area (Å²) in [6.45, 7) is 5.14. The molecule has 2 aliphatic heterocycles. The van der Waals surface area contributed by atoms with E-state index in [-0.39, 0.29) is 11.1 Å². The second-order valence-corrected chi connectivity index (χ2v) is 11.5. The van der Waals surface area contributed by atoms with Crippen LogP contribution in [0.2, 0.25) is 0 Å². The lowest BCUT2D eigenvalue weighted by Gasteiger charge is -2.33. The zero-order valence-electron chi connectivity index (χ0n) is 19.1. The van der Waals surface area contributed by atoms with E-state index in [2.05, 4.69) is 5.32 Å². The van der Waals surface area contributed by atoms with Gasteiger partial charge in [0.15, 0.2) is 6.04 Å². The predicted molar refractivity (Wildman–Crippen MR) is 123 cm³/mol. The van der Waals surface area contributed by atoms with Crippen LogP contribution in [0.4, 0.5) is 0 Å². The Labute approximate surface area is 197 Å². The molecule has 1 spiro atoms. The highest BCUT2D eigenvalue weighted by Crippen LogP contribution is 2.49. The lowest BCUT2D eigenvalue weighted by molar-refractivity contribution is -0.160. The Bertz CT molecular complexity index is 944. The van der Waals surface area contributed by atoms with E-state index < -0.39 is 51.6 Å². The van der Waals surface area contributed by atoms with Gasteiger partial charge < -0.3 is 9.84 Å². The van der Waals surface area contributed by atoms with E-state index >= 15 is 0 Å². The molecule has 2 amide bonds. The second-order valence-electron chi connectivity index (χ2n) is 9.96. The molecule has 178 valence electrons. The summed E-state index contributed by atoms with van der Waals surface area (Å²) >= 11 is 1.38. The minimum Gasteiger partial charge on any atom is -0.480 e. The zero-order valence-corrected chi connectivity index (χ0v) is 19.9. The third-order valence-electron chi connectivity index (χ3n) is 6.45. The Hall–Kier alpha value is -2.39. The summed E-state index contributed by atoms with van der Waals surface area (Å²) in [6.07, 6.45) is 5.26. The summed E-state index contributed by atoms with van der Waals surface area (Å²) in [5, 5.41) is 12.3. The topological polar surface area (TPSA) is 113 Å². The normalized spacial score (nSPS) is 25.6. The van der Waals surface area contributed by atoms with Gasteiger partial charge in [0.05, 0.1) is 16.5 Å². The predicted octanol–water partition coefficient (Wildman–Crippen LogP) is 3.20. The molecule has 1 aromatic carbocycles.